The maximum atomic E-state index is 13.6. The van der Waals surface area contributed by atoms with E-state index in [2.05, 4.69) is 28.9 Å². The van der Waals surface area contributed by atoms with Gasteiger partial charge in [-0.3, -0.25) is 4.79 Å². The Bertz CT molecular complexity index is 1280. The van der Waals surface area contributed by atoms with Crippen LogP contribution in [0.1, 0.15) is 49.9 Å². The van der Waals surface area contributed by atoms with Gasteiger partial charge in [0.05, 0.1) is 23.8 Å². The minimum absolute atomic E-state index is 0.155. The van der Waals surface area contributed by atoms with Crippen molar-refractivity contribution < 1.29 is 19.1 Å². The molecule has 1 fully saturated rings. The van der Waals surface area contributed by atoms with Gasteiger partial charge in [0, 0.05) is 24.2 Å². The number of benzene rings is 2. The SMILES string of the molecule is CCOC(=O)COc1cccc(CC(=O)[C@]2(CCc3cc4ccc(C#N)cc4n3CC)CCCN2)c1. The minimum atomic E-state index is -0.561. The number of nitrogens with zero attached hydrogens (tertiary/aromatic N) is 2. The summed E-state index contributed by atoms with van der Waals surface area (Å²) < 4.78 is 12.7. The Morgan fingerprint density at radius 3 is 2.75 bits per heavy atom. The van der Waals surface area contributed by atoms with E-state index in [1.54, 1.807) is 13.0 Å². The third kappa shape index (κ3) is 5.60. The third-order valence-corrected chi connectivity index (χ3v) is 6.95. The molecule has 1 aliphatic rings. The Labute approximate surface area is 212 Å². The van der Waals surface area contributed by atoms with Crippen molar-refractivity contribution in [2.75, 3.05) is 19.8 Å². The summed E-state index contributed by atoms with van der Waals surface area (Å²) in [6.45, 7) is 5.65. The first-order valence-corrected chi connectivity index (χ1v) is 12.7. The molecule has 0 spiro atoms. The number of aryl methyl sites for hydroxylation is 2. The van der Waals surface area contributed by atoms with Gasteiger partial charge >= 0.3 is 5.97 Å². The quantitative estimate of drug-likeness (QED) is 0.405. The van der Waals surface area contributed by atoms with E-state index in [1.165, 1.54) is 5.69 Å². The van der Waals surface area contributed by atoms with Crippen molar-refractivity contribution in [3.8, 4) is 11.8 Å². The molecule has 0 unspecified atom stereocenters. The molecule has 0 amide bonds. The Kier molecular flexibility index (Phi) is 8.07. The fraction of sp³-hybridized carbons (Fsp3) is 0.414. The molecular weight excluding hydrogens is 454 g/mol. The molecule has 0 radical (unpaired) electrons. The highest BCUT2D eigenvalue weighted by Gasteiger charge is 2.40. The molecule has 1 saturated heterocycles. The van der Waals surface area contributed by atoms with E-state index in [4.69, 9.17) is 9.47 Å². The number of fused-ring (bicyclic) bond motifs is 1. The van der Waals surface area contributed by atoms with Gasteiger partial charge in [-0.25, -0.2) is 4.79 Å². The van der Waals surface area contributed by atoms with E-state index in [-0.39, 0.29) is 12.4 Å². The number of aromatic nitrogens is 1. The molecule has 2 heterocycles. The summed E-state index contributed by atoms with van der Waals surface area (Å²) in [7, 11) is 0. The fourth-order valence-electron chi connectivity index (χ4n) is 5.14. The number of nitriles is 1. The first kappa shape index (κ1) is 25.5. The number of rotatable bonds is 11. The summed E-state index contributed by atoms with van der Waals surface area (Å²) >= 11 is 0. The second kappa shape index (κ2) is 11.4. The summed E-state index contributed by atoms with van der Waals surface area (Å²) in [4.78, 5) is 25.2. The van der Waals surface area contributed by atoms with Gasteiger partial charge in [-0.2, -0.15) is 5.26 Å². The lowest BCUT2D eigenvalue weighted by atomic mass is 9.83. The molecule has 0 aliphatic carbocycles. The molecule has 2 aromatic carbocycles. The number of carbonyl (C=O) groups is 2. The second-order valence-electron chi connectivity index (χ2n) is 9.22. The van der Waals surface area contributed by atoms with Crippen molar-refractivity contribution in [1.82, 2.24) is 9.88 Å². The number of hydrogen-bond acceptors (Lipinski definition) is 6. The van der Waals surface area contributed by atoms with Gasteiger partial charge in [0.2, 0.25) is 0 Å². The average molecular weight is 488 g/mol. The number of hydrogen-bond donors (Lipinski definition) is 1. The Morgan fingerprint density at radius 1 is 1.17 bits per heavy atom. The minimum Gasteiger partial charge on any atom is -0.482 e. The average Bonchev–Trinajstić information content (AvgIpc) is 3.51. The number of ketones is 1. The normalized spacial score (nSPS) is 17.1. The van der Waals surface area contributed by atoms with Crippen LogP contribution in [0.3, 0.4) is 0 Å². The summed E-state index contributed by atoms with van der Waals surface area (Å²) in [5.41, 5.74) is 3.19. The van der Waals surface area contributed by atoms with Crippen LogP contribution in [0.2, 0.25) is 0 Å². The van der Waals surface area contributed by atoms with E-state index in [0.717, 1.165) is 48.8 Å². The maximum Gasteiger partial charge on any atom is 0.344 e. The van der Waals surface area contributed by atoms with Crippen molar-refractivity contribution in [1.29, 1.82) is 5.26 Å². The van der Waals surface area contributed by atoms with Gasteiger partial charge in [-0.1, -0.05) is 18.2 Å². The monoisotopic (exact) mass is 487 g/mol. The molecule has 1 atom stereocenters. The van der Waals surface area contributed by atoms with Crippen molar-refractivity contribution in [2.45, 2.75) is 58.0 Å². The van der Waals surface area contributed by atoms with Crippen LogP contribution in [0.15, 0.2) is 48.5 Å². The van der Waals surface area contributed by atoms with E-state index in [1.807, 2.05) is 36.4 Å². The van der Waals surface area contributed by atoms with Crippen LogP contribution < -0.4 is 10.1 Å². The maximum absolute atomic E-state index is 13.6. The number of esters is 1. The molecule has 0 saturated carbocycles. The first-order valence-electron chi connectivity index (χ1n) is 12.7. The highest BCUT2D eigenvalue weighted by Crippen LogP contribution is 2.30. The van der Waals surface area contributed by atoms with E-state index >= 15 is 0 Å². The fourth-order valence-corrected chi connectivity index (χ4v) is 5.14. The summed E-state index contributed by atoms with van der Waals surface area (Å²) in [5.74, 6) is 0.306. The predicted octanol–water partition coefficient (Wildman–Crippen LogP) is 4.34. The van der Waals surface area contributed by atoms with Crippen molar-refractivity contribution in [2.24, 2.45) is 0 Å². The summed E-state index contributed by atoms with van der Waals surface area (Å²) in [5, 5.41) is 13.9. The zero-order valence-electron chi connectivity index (χ0n) is 21.0. The van der Waals surface area contributed by atoms with Gasteiger partial charge in [0.15, 0.2) is 12.4 Å². The molecule has 3 aromatic rings. The van der Waals surface area contributed by atoms with Gasteiger partial charge in [-0.05, 0) is 87.4 Å². The van der Waals surface area contributed by atoms with E-state index in [9.17, 15) is 14.9 Å². The largest absolute Gasteiger partial charge is 0.482 e. The molecule has 0 bridgehead atoms. The van der Waals surface area contributed by atoms with Crippen LogP contribution in [0, 0.1) is 11.3 Å². The molecule has 1 aromatic heterocycles. The first-order chi connectivity index (χ1) is 17.5. The molecule has 1 N–H and O–H groups in total. The van der Waals surface area contributed by atoms with E-state index in [0.29, 0.717) is 30.8 Å². The Balaban J connectivity index is 1.47. The van der Waals surface area contributed by atoms with Crippen LogP contribution in [0.5, 0.6) is 5.75 Å². The van der Waals surface area contributed by atoms with Gasteiger partial charge < -0.3 is 19.4 Å². The highest BCUT2D eigenvalue weighted by molar-refractivity contribution is 5.90. The number of ether oxygens (including phenoxy) is 2. The van der Waals surface area contributed by atoms with Crippen LogP contribution in [-0.4, -0.2) is 41.6 Å². The lowest BCUT2D eigenvalue weighted by Crippen LogP contribution is -2.48. The molecule has 4 rings (SSSR count). The smallest absolute Gasteiger partial charge is 0.344 e. The Hall–Kier alpha value is -3.63. The Morgan fingerprint density at radius 2 is 2.03 bits per heavy atom. The van der Waals surface area contributed by atoms with Crippen molar-refractivity contribution in [3.63, 3.8) is 0 Å². The van der Waals surface area contributed by atoms with Crippen LogP contribution >= 0.6 is 0 Å². The topological polar surface area (TPSA) is 93.3 Å². The van der Waals surface area contributed by atoms with Gasteiger partial charge in [-0.15, -0.1) is 0 Å². The van der Waals surface area contributed by atoms with Crippen LogP contribution in [0.4, 0.5) is 0 Å². The number of Topliss-reactive ketones (excluding diaryl/α,β-unsaturated/α-hetero) is 1. The lowest BCUT2D eigenvalue weighted by molar-refractivity contribution is -0.145. The van der Waals surface area contributed by atoms with Gasteiger partial charge in [0.1, 0.15) is 5.75 Å². The number of nitrogens with one attached hydrogen (secondary N) is 1. The van der Waals surface area contributed by atoms with Crippen LogP contribution in [0.25, 0.3) is 10.9 Å². The molecule has 36 heavy (non-hydrogen) atoms. The molecule has 7 nitrogen and oxygen atoms in total. The van der Waals surface area contributed by atoms with Crippen LogP contribution in [-0.2, 0) is 33.7 Å². The zero-order valence-corrected chi connectivity index (χ0v) is 21.0. The van der Waals surface area contributed by atoms with Gasteiger partial charge in [0.25, 0.3) is 0 Å². The standard InChI is InChI=1S/C29H33N3O4/c1-3-32-24(18-23-10-9-22(19-30)16-26(23)32)11-13-29(12-6-14-31-29)27(33)17-21-7-5-8-25(15-21)36-20-28(34)35-4-2/h5,7-10,15-16,18,31H,3-4,6,11-14,17,20H2,1-2H3/t29-/m1/s1. The van der Waals surface area contributed by atoms with E-state index < -0.39 is 11.5 Å². The summed E-state index contributed by atoms with van der Waals surface area (Å²) in [6, 6.07) is 17.5. The highest BCUT2D eigenvalue weighted by atomic mass is 16.6. The molecule has 1 aliphatic heterocycles. The molecule has 7 heteroatoms. The zero-order chi connectivity index (χ0) is 25.5. The predicted molar refractivity (Wildman–Crippen MR) is 138 cm³/mol. The second-order valence-corrected chi connectivity index (χ2v) is 9.22. The van der Waals surface area contributed by atoms with Crippen molar-refractivity contribution in [3.05, 3.63) is 65.4 Å². The molecular formula is C29H33N3O4. The third-order valence-electron chi connectivity index (χ3n) is 6.95. The number of carbonyl (C=O) groups excluding carboxylic acids is 2. The lowest BCUT2D eigenvalue weighted by Gasteiger charge is -2.28. The summed E-state index contributed by atoms with van der Waals surface area (Å²) in [6.07, 6.45) is 3.57. The van der Waals surface area contributed by atoms with Crippen molar-refractivity contribution >= 4 is 22.7 Å². The molecule has 188 valence electrons.